The first-order valence-corrected chi connectivity index (χ1v) is 10.3. The van der Waals surface area contributed by atoms with Crippen LogP contribution in [-0.4, -0.2) is 53.8 Å². The zero-order valence-corrected chi connectivity index (χ0v) is 17.0. The molecule has 0 bridgehead atoms. The molecule has 0 spiro atoms. The summed E-state index contributed by atoms with van der Waals surface area (Å²) in [6.45, 7) is 9.09. The Morgan fingerprint density at radius 3 is 2.33 bits per heavy atom. The molecule has 5 heteroatoms. The van der Waals surface area contributed by atoms with E-state index in [1.54, 1.807) is 0 Å². The maximum atomic E-state index is 12.6. The van der Waals surface area contributed by atoms with Crippen LogP contribution in [0.25, 0.3) is 0 Å². The molecule has 0 atom stereocenters. The molecule has 0 unspecified atom stereocenters. The number of carbonyl (C=O) groups is 2. The molecule has 2 amide bonds. The van der Waals surface area contributed by atoms with E-state index in [1.807, 2.05) is 36.9 Å². The third kappa shape index (κ3) is 5.55. The Morgan fingerprint density at radius 1 is 1.11 bits per heavy atom. The number of para-hydroxylation sites is 1. The molecular weight excluding hydrogens is 338 g/mol. The van der Waals surface area contributed by atoms with Gasteiger partial charge in [0.2, 0.25) is 11.8 Å². The van der Waals surface area contributed by atoms with Gasteiger partial charge in [-0.1, -0.05) is 25.1 Å². The van der Waals surface area contributed by atoms with E-state index in [0.29, 0.717) is 25.6 Å². The SMILES string of the molecule is Cc1cccc(C)c1NC(=O)CN(CCC(=O)N1CCC(C)CC1)C1CC1. The summed E-state index contributed by atoms with van der Waals surface area (Å²) in [6.07, 6.45) is 4.99. The van der Waals surface area contributed by atoms with Gasteiger partial charge in [0.1, 0.15) is 0 Å². The van der Waals surface area contributed by atoms with Crippen LogP contribution in [0.1, 0.15) is 50.2 Å². The first-order valence-electron chi connectivity index (χ1n) is 10.3. The highest BCUT2D eigenvalue weighted by molar-refractivity contribution is 5.93. The summed E-state index contributed by atoms with van der Waals surface area (Å²) in [7, 11) is 0. The van der Waals surface area contributed by atoms with Crippen LogP contribution < -0.4 is 5.32 Å². The van der Waals surface area contributed by atoms with E-state index in [0.717, 1.165) is 61.5 Å². The minimum absolute atomic E-state index is 0.0125. The Kier molecular flexibility index (Phi) is 6.53. The van der Waals surface area contributed by atoms with Crippen molar-refractivity contribution in [2.24, 2.45) is 5.92 Å². The number of likely N-dealkylation sites (tertiary alicyclic amines) is 1. The van der Waals surface area contributed by atoms with Crippen LogP contribution in [0.2, 0.25) is 0 Å². The summed E-state index contributed by atoms with van der Waals surface area (Å²) in [4.78, 5) is 29.3. The van der Waals surface area contributed by atoms with Gasteiger partial charge in [0, 0.05) is 37.8 Å². The minimum atomic E-state index is 0.0125. The van der Waals surface area contributed by atoms with Crippen molar-refractivity contribution in [3.8, 4) is 0 Å². The second kappa shape index (κ2) is 8.87. The van der Waals surface area contributed by atoms with Crippen LogP contribution >= 0.6 is 0 Å². The van der Waals surface area contributed by atoms with Crippen molar-refractivity contribution in [3.63, 3.8) is 0 Å². The van der Waals surface area contributed by atoms with Crippen LogP contribution in [0.5, 0.6) is 0 Å². The summed E-state index contributed by atoms with van der Waals surface area (Å²) in [6, 6.07) is 6.49. The fourth-order valence-electron chi connectivity index (χ4n) is 3.86. The van der Waals surface area contributed by atoms with Crippen molar-refractivity contribution >= 4 is 17.5 Å². The molecule has 27 heavy (non-hydrogen) atoms. The van der Waals surface area contributed by atoms with Gasteiger partial charge in [0.15, 0.2) is 0 Å². The largest absolute Gasteiger partial charge is 0.343 e. The Hall–Kier alpha value is -1.88. The van der Waals surface area contributed by atoms with Crippen LogP contribution in [-0.2, 0) is 9.59 Å². The molecule has 1 heterocycles. The first kappa shape index (κ1) is 19.9. The van der Waals surface area contributed by atoms with Crippen molar-refractivity contribution in [1.82, 2.24) is 9.80 Å². The molecule has 1 N–H and O–H groups in total. The molecule has 1 aromatic carbocycles. The third-order valence-corrected chi connectivity index (χ3v) is 5.90. The van der Waals surface area contributed by atoms with E-state index in [9.17, 15) is 9.59 Å². The van der Waals surface area contributed by atoms with Gasteiger partial charge in [-0.05, 0) is 56.6 Å². The number of aryl methyl sites for hydroxylation is 2. The number of rotatable bonds is 7. The predicted octanol–water partition coefficient (Wildman–Crippen LogP) is 3.35. The number of nitrogens with one attached hydrogen (secondary N) is 1. The lowest BCUT2D eigenvalue weighted by Crippen LogP contribution is -2.41. The number of piperidine rings is 1. The second-order valence-electron chi connectivity index (χ2n) is 8.33. The predicted molar refractivity (Wildman–Crippen MR) is 109 cm³/mol. The summed E-state index contributed by atoms with van der Waals surface area (Å²) in [5.41, 5.74) is 3.07. The Labute approximate surface area is 163 Å². The van der Waals surface area contributed by atoms with Crippen LogP contribution in [0, 0.1) is 19.8 Å². The number of carbonyl (C=O) groups excluding carboxylic acids is 2. The molecule has 2 fully saturated rings. The summed E-state index contributed by atoms with van der Waals surface area (Å²) < 4.78 is 0. The molecule has 1 saturated heterocycles. The zero-order chi connectivity index (χ0) is 19.4. The highest BCUT2D eigenvalue weighted by Crippen LogP contribution is 2.27. The monoisotopic (exact) mass is 371 g/mol. The first-order chi connectivity index (χ1) is 12.9. The number of hydrogen-bond donors (Lipinski definition) is 1. The number of nitrogens with zero attached hydrogens (tertiary/aromatic N) is 2. The van der Waals surface area contributed by atoms with Crippen molar-refractivity contribution in [3.05, 3.63) is 29.3 Å². The normalized spacial score (nSPS) is 18.0. The number of hydrogen-bond acceptors (Lipinski definition) is 3. The number of anilines is 1. The molecule has 1 aliphatic heterocycles. The topological polar surface area (TPSA) is 52.7 Å². The summed E-state index contributed by atoms with van der Waals surface area (Å²) in [5.74, 6) is 0.979. The lowest BCUT2D eigenvalue weighted by atomic mass is 9.99. The maximum absolute atomic E-state index is 12.6. The van der Waals surface area contributed by atoms with Gasteiger partial charge in [-0.25, -0.2) is 0 Å². The molecule has 5 nitrogen and oxygen atoms in total. The fraction of sp³-hybridized carbons (Fsp3) is 0.636. The van der Waals surface area contributed by atoms with Crippen molar-refractivity contribution in [2.45, 2.75) is 58.9 Å². The molecule has 3 rings (SSSR count). The Bertz CT molecular complexity index is 656. The molecular formula is C22H33N3O2. The van der Waals surface area contributed by atoms with E-state index in [4.69, 9.17) is 0 Å². The Balaban J connectivity index is 1.50. The molecule has 148 valence electrons. The van der Waals surface area contributed by atoms with Crippen LogP contribution in [0.3, 0.4) is 0 Å². The van der Waals surface area contributed by atoms with E-state index in [1.165, 1.54) is 0 Å². The molecule has 0 radical (unpaired) electrons. The average Bonchev–Trinajstić information content (AvgIpc) is 3.47. The minimum Gasteiger partial charge on any atom is -0.343 e. The van der Waals surface area contributed by atoms with Crippen molar-refractivity contribution in [2.75, 3.05) is 31.5 Å². The number of benzene rings is 1. The zero-order valence-electron chi connectivity index (χ0n) is 17.0. The molecule has 0 aromatic heterocycles. The highest BCUT2D eigenvalue weighted by Gasteiger charge is 2.31. The van der Waals surface area contributed by atoms with Gasteiger partial charge in [-0.2, -0.15) is 0 Å². The molecule has 2 aliphatic rings. The van der Waals surface area contributed by atoms with E-state index in [2.05, 4.69) is 17.1 Å². The molecule has 1 saturated carbocycles. The average molecular weight is 372 g/mol. The number of amides is 2. The molecule has 1 aliphatic carbocycles. The molecule has 1 aromatic rings. The fourth-order valence-corrected chi connectivity index (χ4v) is 3.86. The van der Waals surface area contributed by atoms with Crippen LogP contribution in [0.4, 0.5) is 5.69 Å². The van der Waals surface area contributed by atoms with Gasteiger partial charge >= 0.3 is 0 Å². The second-order valence-corrected chi connectivity index (χ2v) is 8.33. The van der Waals surface area contributed by atoms with Gasteiger partial charge < -0.3 is 10.2 Å². The van der Waals surface area contributed by atoms with Crippen molar-refractivity contribution in [1.29, 1.82) is 0 Å². The Morgan fingerprint density at radius 2 is 1.74 bits per heavy atom. The van der Waals surface area contributed by atoms with Gasteiger partial charge in [0.05, 0.1) is 6.54 Å². The van der Waals surface area contributed by atoms with Gasteiger partial charge in [-0.3, -0.25) is 14.5 Å². The van der Waals surface area contributed by atoms with E-state index in [-0.39, 0.29) is 11.8 Å². The van der Waals surface area contributed by atoms with E-state index < -0.39 is 0 Å². The maximum Gasteiger partial charge on any atom is 0.238 e. The van der Waals surface area contributed by atoms with Gasteiger partial charge in [-0.15, -0.1) is 0 Å². The van der Waals surface area contributed by atoms with Crippen LogP contribution in [0.15, 0.2) is 18.2 Å². The smallest absolute Gasteiger partial charge is 0.238 e. The van der Waals surface area contributed by atoms with E-state index >= 15 is 0 Å². The highest BCUT2D eigenvalue weighted by atomic mass is 16.2. The summed E-state index contributed by atoms with van der Waals surface area (Å²) in [5, 5.41) is 3.07. The summed E-state index contributed by atoms with van der Waals surface area (Å²) >= 11 is 0. The lowest BCUT2D eigenvalue weighted by Gasteiger charge is -2.31. The van der Waals surface area contributed by atoms with Crippen molar-refractivity contribution < 1.29 is 9.59 Å². The van der Waals surface area contributed by atoms with Gasteiger partial charge in [0.25, 0.3) is 0 Å². The standard InChI is InChI=1S/C22H33N3O2/c1-16-9-12-24(13-10-16)21(27)11-14-25(19-7-8-19)15-20(26)23-22-17(2)5-4-6-18(22)3/h4-6,16,19H,7-15H2,1-3H3,(H,23,26). The third-order valence-electron chi connectivity index (χ3n) is 5.90. The lowest BCUT2D eigenvalue weighted by molar-refractivity contribution is -0.133. The quantitative estimate of drug-likeness (QED) is 0.800.